The molecule has 0 unspecified atom stereocenters. The van der Waals surface area contributed by atoms with Gasteiger partial charge in [-0.1, -0.05) is 40.2 Å². The fourth-order valence-corrected chi connectivity index (χ4v) is 2.08. The minimum atomic E-state index is 0.264. The Bertz CT molecular complexity index is 463. The molecule has 2 aromatic carbocycles. The zero-order chi connectivity index (χ0) is 10.7. The average molecular weight is 267 g/mol. The van der Waals surface area contributed by atoms with Crippen LogP contribution in [-0.2, 0) is 4.74 Å². The van der Waals surface area contributed by atoms with Crippen LogP contribution in [0, 0.1) is 0 Å². The van der Waals surface area contributed by atoms with Gasteiger partial charge in [-0.25, -0.2) is 0 Å². The van der Waals surface area contributed by atoms with Gasteiger partial charge < -0.3 is 9.47 Å². The highest BCUT2D eigenvalue weighted by Crippen LogP contribution is 2.32. The molecule has 0 bridgehead atoms. The van der Waals surface area contributed by atoms with Crippen LogP contribution in [0.2, 0.25) is 0 Å². The van der Waals surface area contributed by atoms with Gasteiger partial charge in [-0.15, -0.1) is 0 Å². The van der Waals surface area contributed by atoms with Crippen LogP contribution in [0.1, 0.15) is 0 Å². The summed E-state index contributed by atoms with van der Waals surface area (Å²) in [4.78, 5) is 0. The molecule has 0 saturated carbocycles. The van der Waals surface area contributed by atoms with Crippen LogP contribution in [-0.4, -0.2) is 13.9 Å². The summed E-state index contributed by atoms with van der Waals surface area (Å²) in [7, 11) is 1.61. The van der Waals surface area contributed by atoms with E-state index in [1.54, 1.807) is 7.11 Å². The normalized spacial score (nSPS) is 10.5. The lowest BCUT2D eigenvalue weighted by Crippen LogP contribution is -1.99. The van der Waals surface area contributed by atoms with Crippen molar-refractivity contribution in [3.8, 4) is 5.75 Å². The number of halogens is 1. The molecular formula is C12H11BrO2. The lowest BCUT2D eigenvalue weighted by molar-refractivity contribution is 0.0522. The third-order valence-corrected chi connectivity index (χ3v) is 2.81. The highest BCUT2D eigenvalue weighted by Gasteiger charge is 2.04. The van der Waals surface area contributed by atoms with Crippen molar-refractivity contribution >= 4 is 26.7 Å². The molecular weight excluding hydrogens is 256 g/mol. The van der Waals surface area contributed by atoms with Crippen molar-refractivity contribution in [2.24, 2.45) is 0 Å². The van der Waals surface area contributed by atoms with Crippen molar-refractivity contribution < 1.29 is 9.47 Å². The van der Waals surface area contributed by atoms with Crippen molar-refractivity contribution in [1.29, 1.82) is 0 Å². The number of fused-ring (bicyclic) bond motifs is 1. The summed E-state index contributed by atoms with van der Waals surface area (Å²) < 4.78 is 11.4. The minimum absolute atomic E-state index is 0.264. The third kappa shape index (κ3) is 2.13. The van der Waals surface area contributed by atoms with E-state index in [1.165, 1.54) is 0 Å². The quantitative estimate of drug-likeness (QED) is 0.791. The van der Waals surface area contributed by atoms with E-state index in [4.69, 9.17) is 9.47 Å². The van der Waals surface area contributed by atoms with E-state index >= 15 is 0 Å². The van der Waals surface area contributed by atoms with E-state index in [0.29, 0.717) is 0 Å². The minimum Gasteiger partial charge on any atom is -0.467 e. The number of hydrogen-bond acceptors (Lipinski definition) is 2. The van der Waals surface area contributed by atoms with Crippen LogP contribution in [0.15, 0.2) is 40.9 Å². The monoisotopic (exact) mass is 266 g/mol. The van der Waals surface area contributed by atoms with Crippen LogP contribution in [0.5, 0.6) is 5.75 Å². The summed E-state index contributed by atoms with van der Waals surface area (Å²) in [5.41, 5.74) is 0. The Morgan fingerprint density at radius 2 is 1.87 bits per heavy atom. The molecule has 0 aliphatic carbocycles. The van der Waals surface area contributed by atoms with E-state index in [0.717, 1.165) is 21.0 Å². The van der Waals surface area contributed by atoms with Crippen molar-refractivity contribution in [2.75, 3.05) is 13.9 Å². The number of methoxy groups -OCH3 is 1. The van der Waals surface area contributed by atoms with Crippen LogP contribution in [0.4, 0.5) is 0 Å². The summed E-state index contributed by atoms with van der Waals surface area (Å²) in [6, 6.07) is 12.0. The maximum atomic E-state index is 5.50. The van der Waals surface area contributed by atoms with E-state index in [9.17, 15) is 0 Å². The Hall–Kier alpha value is -1.06. The van der Waals surface area contributed by atoms with Gasteiger partial charge >= 0.3 is 0 Å². The van der Waals surface area contributed by atoms with Crippen LogP contribution in [0.3, 0.4) is 0 Å². The predicted octanol–water partition coefficient (Wildman–Crippen LogP) is 3.59. The lowest BCUT2D eigenvalue weighted by atomic mass is 10.1. The fourth-order valence-electron chi connectivity index (χ4n) is 1.50. The number of benzene rings is 2. The Balaban J connectivity index is 2.53. The van der Waals surface area contributed by atoms with Gasteiger partial charge in [0.1, 0.15) is 5.75 Å². The average Bonchev–Trinajstić information content (AvgIpc) is 2.26. The molecule has 0 saturated heterocycles. The molecule has 3 heteroatoms. The maximum Gasteiger partial charge on any atom is 0.188 e. The smallest absolute Gasteiger partial charge is 0.188 e. The topological polar surface area (TPSA) is 18.5 Å². The molecule has 0 heterocycles. The Morgan fingerprint density at radius 1 is 1.13 bits per heavy atom. The summed E-state index contributed by atoms with van der Waals surface area (Å²) in [6.07, 6.45) is 0. The van der Waals surface area contributed by atoms with E-state index in [2.05, 4.69) is 28.1 Å². The van der Waals surface area contributed by atoms with Gasteiger partial charge in [0.15, 0.2) is 6.79 Å². The zero-order valence-electron chi connectivity index (χ0n) is 8.37. The number of ether oxygens (including phenoxy) is 2. The molecule has 0 aliphatic heterocycles. The molecule has 2 rings (SSSR count). The first-order valence-corrected chi connectivity index (χ1v) is 5.41. The highest BCUT2D eigenvalue weighted by molar-refractivity contribution is 9.10. The SMILES string of the molecule is COCOc1cccc2cccc(Br)c12. The third-order valence-electron chi connectivity index (χ3n) is 2.15. The van der Waals surface area contributed by atoms with Crippen molar-refractivity contribution in [3.63, 3.8) is 0 Å². The Labute approximate surface area is 96.9 Å². The molecule has 0 aliphatic rings. The van der Waals surface area contributed by atoms with Crippen LogP contribution in [0.25, 0.3) is 10.8 Å². The first kappa shape index (κ1) is 10.5. The molecule has 15 heavy (non-hydrogen) atoms. The second kappa shape index (κ2) is 4.64. The molecule has 0 fully saturated rings. The van der Waals surface area contributed by atoms with Crippen molar-refractivity contribution in [2.45, 2.75) is 0 Å². The molecule has 0 atom stereocenters. The zero-order valence-corrected chi connectivity index (χ0v) is 9.95. The number of rotatable bonds is 3. The van der Waals surface area contributed by atoms with Gasteiger partial charge in [-0.2, -0.15) is 0 Å². The van der Waals surface area contributed by atoms with Gasteiger partial charge in [-0.3, -0.25) is 0 Å². The summed E-state index contributed by atoms with van der Waals surface area (Å²) >= 11 is 3.52. The molecule has 2 aromatic rings. The standard InChI is InChI=1S/C12H11BrO2/c1-14-8-15-11-7-3-5-9-4-2-6-10(13)12(9)11/h2-7H,8H2,1H3. The number of hydrogen-bond donors (Lipinski definition) is 0. The highest BCUT2D eigenvalue weighted by atomic mass is 79.9. The summed E-state index contributed by atoms with van der Waals surface area (Å²) in [5.74, 6) is 0.835. The molecule has 0 N–H and O–H groups in total. The lowest BCUT2D eigenvalue weighted by Gasteiger charge is -2.09. The van der Waals surface area contributed by atoms with E-state index in [1.807, 2.05) is 24.3 Å². The van der Waals surface area contributed by atoms with Gasteiger partial charge in [0.05, 0.1) is 0 Å². The van der Waals surface area contributed by atoms with Gasteiger partial charge in [-0.05, 0) is 17.5 Å². The van der Waals surface area contributed by atoms with Gasteiger partial charge in [0.2, 0.25) is 0 Å². The fraction of sp³-hybridized carbons (Fsp3) is 0.167. The second-order valence-corrected chi connectivity index (χ2v) is 4.00. The summed E-state index contributed by atoms with van der Waals surface area (Å²) in [6.45, 7) is 0.264. The predicted molar refractivity (Wildman–Crippen MR) is 64.2 cm³/mol. The van der Waals surface area contributed by atoms with Crippen molar-refractivity contribution in [3.05, 3.63) is 40.9 Å². The Kier molecular flexibility index (Phi) is 3.23. The van der Waals surface area contributed by atoms with E-state index < -0.39 is 0 Å². The molecule has 0 spiro atoms. The molecule has 78 valence electrons. The molecule has 0 amide bonds. The van der Waals surface area contributed by atoms with Crippen molar-refractivity contribution in [1.82, 2.24) is 0 Å². The maximum absolute atomic E-state index is 5.50. The largest absolute Gasteiger partial charge is 0.467 e. The van der Waals surface area contributed by atoms with Crippen LogP contribution < -0.4 is 4.74 Å². The van der Waals surface area contributed by atoms with Gasteiger partial charge in [0.25, 0.3) is 0 Å². The molecule has 0 aromatic heterocycles. The molecule has 2 nitrogen and oxygen atoms in total. The first-order valence-electron chi connectivity index (χ1n) is 4.62. The first-order chi connectivity index (χ1) is 7.33. The van der Waals surface area contributed by atoms with Gasteiger partial charge in [0, 0.05) is 17.0 Å². The Morgan fingerprint density at radius 3 is 2.60 bits per heavy atom. The molecule has 0 radical (unpaired) electrons. The second-order valence-electron chi connectivity index (χ2n) is 3.14. The van der Waals surface area contributed by atoms with E-state index in [-0.39, 0.29) is 6.79 Å². The van der Waals surface area contributed by atoms with Crippen LogP contribution >= 0.6 is 15.9 Å². The summed E-state index contributed by atoms with van der Waals surface area (Å²) in [5, 5.41) is 2.23.